The molecule has 2 aliphatic carbocycles. The van der Waals surface area contributed by atoms with Crippen molar-refractivity contribution >= 4 is 11.6 Å². The molecule has 7 heteroatoms. The van der Waals surface area contributed by atoms with Crippen molar-refractivity contribution in [2.45, 2.75) is 134 Å². The van der Waals surface area contributed by atoms with Crippen LogP contribution in [0, 0.1) is 30.5 Å². The van der Waals surface area contributed by atoms with Crippen molar-refractivity contribution in [3.05, 3.63) is 29.1 Å². The van der Waals surface area contributed by atoms with Crippen LogP contribution >= 0.6 is 0 Å². The second kappa shape index (κ2) is 12.9. The minimum absolute atomic E-state index is 0.0189. The molecule has 5 aliphatic rings. The Bertz CT molecular complexity index is 1020. The SMILES string of the molecule is Cc1ccc(F)c2c1NC(C(=O)NC(CC1CNN(CC3CC3)C1)C1NC3(CCCCCCCCC3)CCC1C)C2. The summed E-state index contributed by atoms with van der Waals surface area (Å²) in [6.07, 6.45) is 18.6. The smallest absolute Gasteiger partial charge is 0.243 e. The average molecular weight is 568 g/mol. The molecule has 1 spiro atoms. The molecule has 0 aromatic heterocycles. The largest absolute Gasteiger partial charge is 0.373 e. The quantitative estimate of drug-likeness (QED) is 0.333. The van der Waals surface area contributed by atoms with Gasteiger partial charge in [-0.2, -0.15) is 0 Å². The molecule has 4 N–H and O–H groups in total. The van der Waals surface area contributed by atoms with Crippen molar-refractivity contribution in [1.29, 1.82) is 0 Å². The van der Waals surface area contributed by atoms with E-state index in [1.165, 1.54) is 89.5 Å². The Morgan fingerprint density at radius 3 is 2.49 bits per heavy atom. The fourth-order valence-corrected chi connectivity index (χ4v) is 8.35. The molecule has 3 heterocycles. The lowest BCUT2D eigenvalue weighted by atomic mass is 9.72. The van der Waals surface area contributed by atoms with E-state index in [1.54, 1.807) is 6.07 Å². The molecule has 5 atom stereocenters. The van der Waals surface area contributed by atoms with Gasteiger partial charge < -0.3 is 16.0 Å². The van der Waals surface area contributed by atoms with Crippen LogP contribution in [0.4, 0.5) is 10.1 Å². The van der Waals surface area contributed by atoms with Crippen LogP contribution in [0.3, 0.4) is 0 Å². The molecule has 0 radical (unpaired) electrons. The number of amides is 1. The number of benzene rings is 1. The van der Waals surface area contributed by atoms with Crippen molar-refractivity contribution in [2.24, 2.45) is 17.8 Å². The van der Waals surface area contributed by atoms with Gasteiger partial charge in [-0.25, -0.2) is 9.40 Å². The van der Waals surface area contributed by atoms with Gasteiger partial charge in [0.2, 0.25) is 5.91 Å². The number of halogens is 1. The van der Waals surface area contributed by atoms with Crippen LogP contribution in [0.25, 0.3) is 0 Å². The molecular formula is C34H54FN5O. The highest BCUT2D eigenvalue weighted by Gasteiger charge is 2.43. The Hall–Kier alpha value is -1.70. The zero-order valence-electron chi connectivity index (χ0n) is 25.6. The predicted octanol–water partition coefficient (Wildman–Crippen LogP) is 5.84. The summed E-state index contributed by atoms with van der Waals surface area (Å²) in [6.45, 7) is 7.58. The van der Waals surface area contributed by atoms with E-state index < -0.39 is 6.04 Å². The van der Waals surface area contributed by atoms with E-state index in [0.29, 0.717) is 23.8 Å². The molecule has 1 aromatic carbocycles. The maximum atomic E-state index is 14.6. The molecule has 4 fully saturated rings. The van der Waals surface area contributed by atoms with E-state index in [4.69, 9.17) is 0 Å². The molecular weight excluding hydrogens is 513 g/mol. The lowest BCUT2D eigenvalue weighted by Gasteiger charge is -2.49. The van der Waals surface area contributed by atoms with Gasteiger partial charge in [-0.15, -0.1) is 0 Å². The summed E-state index contributed by atoms with van der Waals surface area (Å²) in [6, 6.07) is 3.24. The average Bonchev–Trinajstić information content (AvgIpc) is 3.46. The number of hydrogen-bond donors (Lipinski definition) is 4. The fraction of sp³-hybridized carbons (Fsp3) is 0.794. The number of fused-ring (bicyclic) bond motifs is 1. The highest BCUT2D eigenvalue weighted by molar-refractivity contribution is 5.88. The summed E-state index contributed by atoms with van der Waals surface area (Å²) in [5.41, 5.74) is 6.32. The van der Waals surface area contributed by atoms with Gasteiger partial charge in [0.1, 0.15) is 11.9 Å². The predicted molar refractivity (Wildman–Crippen MR) is 164 cm³/mol. The molecule has 6 nitrogen and oxygen atoms in total. The van der Waals surface area contributed by atoms with Gasteiger partial charge >= 0.3 is 0 Å². The fourth-order valence-electron chi connectivity index (χ4n) is 8.35. The van der Waals surface area contributed by atoms with Crippen LogP contribution in [-0.2, 0) is 11.2 Å². The van der Waals surface area contributed by atoms with Gasteiger partial charge in [0.05, 0.1) is 0 Å². The Kier molecular flexibility index (Phi) is 9.23. The van der Waals surface area contributed by atoms with E-state index in [-0.39, 0.29) is 29.3 Å². The van der Waals surface area contributed by atoms with Crippen LogP contribution in [0.2, 0.25) is 0 Å². The van der Waals surface area contributed by atoms with Crippen molar-refractivity contribution in [1.82, 2.24) is 21.1 Å². The second-order valence-electron chi connectivity index (χ2n) is 14.5. The van der Waals surface area contributed by atoms with Gasteiger partial charge in [0.25, 0.3) is 0 Å². The van der Waals surface area contributed by atoms with E-state index in [2.05, 4.69) is 33.3 Å². The first-order chi connectivity index (χ1) is 19.9. The maximum absolute atomic E-state index is 14.6. The first-order valence-electron chi connectivity index (χ1n) is 17.0. The minimum Gasteiger partial charge on any atom is -0.373 e. The zero-order valence-corrected chi connectivity index (χ0v) is 25.6. The van der Waals surface area contributed by atoms with Crippen LogP contribution in [0.5, 0.6) is 0 Å². The van der Waals surface area contributed by atoms with Crippen molar-refractivity contribution in [3.63, 3.8) is 0 Å². The normalized spacial score (nSPS) is 31.4. The molecule has 1 amide bonds. The molecule has 41 heavy (non-hydrogen) atoms. The number of carbonyl (C=O) groups excluding carboxylic acids is 1. The first kappa shape index (κ1) is 29.4. The highest BCUT2D eigenvalue weighted by atomic mass is 19.1. The Morgan fingerprint density at radius 2 is 1.78 bits per heavy atom. The number of nitrogens with one attached hydrogen (secondary N) is 4. The first-order valence-corrected chi connectivity index (χ1v) is 17.0. The molecule has 6 rings (SSSR count). The monoisotopic (exact) mass is 567 g/mol. The topological polar surface area (TPSA) is 68.4 Å². The number of nitrogens with zero attached hydrogens (tertiary/aromatic N) is 1. The summed E-state index contributed by atoms with van der Waals surface area (Å²) in [7, 11) is 0. The lowest BCUT2D eigenvalue weighted by molar-refractivity contribution is -0.123. The van der Waals surface area contributed by atoms with Crippen LogP contribution in [0.15, 0.2) is 12.1 Å². The molecule has 0 bridgehead atoms. The number of hydrogen-bond acceptors (Lipinski definition) is 5. The van der Waals surface area contributed by atoms with E-state index >= 15 is 0 Å². The summed E-state index contributed by atoms with van der Waals surface area (Å²) < 4.78 is 14.6. The van der Waals surface area contributed by atoms with E-state index in [1.807, 2.05) is 6.92 Å². The molecule has 2 saturated heterocycles. The number of carbonyl (C=O) groups is 1. The lowest BCUT2D eigenvalue weighted by Crippen LogP contribution is -2.64. The van der Waals surface area contributed by atoms with Gasteiger partial charge in [0, 0.05) is 54.9 Å². The summed E-state index contributed by atoms with van der Waals surface area (Å²) >= 11 is 0. The maximum Gasteiger partial charge on any atom is 0.243 e. The van der Waals surface area contributed by atoms with Crippen molar-refractivity contribution < 1.29 is 9.18 Å². The Labute approximate surface area is 247 Å². The van der Waals surface area contributed by atoms with E-state index in [9.17, 15) is 9.18 Å². The number of aryl methyl sites for hydroxylation is 1. The summed E-state index contributed by atoms with van der Waals surface area (Å²) in [4.78, 5) is 13.9. The van der Waals surface area contributed by atoms with Gasteiger partial charge in [-0.1, -0.05) is 57.9 Å². The van der Waals surface area contributed by atoms with Crippen LogP contribution in [0.1, 0.15) is 108 Å². The number of piperidine rings is 1. The Morgan fingerprint density at radius 1 is 1.05 bits per heavy atom. The number of hydrazine groups is 1. The summed E-state index contributed by atoms with van der Waals surface area (Å²) in [5.74, 6) is 1.70. The van der Waals surface area contributed by atoms with Gasteiger partial charge in [-0.3, -0.25) is 10.2 Å². The second-order valence-corrected chi connectivity index (χ2v) is 14.5. The van der Waals surface area contributed by atoms with E-state index in [0.717, 1.165) is 43.2 Å². The highest BCUT2D eigenvalue weighted by Crippen LogP contribution is 2.38. The summed E-state index contributed by atoms with van der Waals surface area (Å²) in [5, 5.41) is 13.6. The van der Waals surface area contributed by atoms with Crippen LogP contribution in [-0.4, -0.2) is 54.2 Å². The third kappa shape index (κ3) is 7.10. The molecule has 2 saturated carbocycles. The molecule has 5 unspecified atom stereocenters. The van der Waals surface area contributed by atoms with Crippen molar-refractivity contribution in [3.8, 4) is 0 Å². The van der Waals surface area contributed by atoms with Gasteiger partial charge in [0.15, 0.2) is 0 Å². The number of rotatable bonds is 7. The Balaban J connectivity index is 1.18. The number of anilines is 1. The zero-order chi connectivity index (χ0) is 28.4. The van der Waals surface area contributed by atoms with Crippen LogP contribution < -0.4 is 21.4 Å². The third-order valence-electron chi connectivity index (χ3n) is 11.1. The molecule has 3 aliphatic heterocycles. The van der Waals surface area contributed by atoms with Gasteiger partial charge in [-0.05, 0) is 81.3 Å². The third-order valence-corrected chi connectivity index (χ3v) is 11.1. The molecule has 1 aromatic rings. The van der Waals surface area contributed by atoms with Crippen molar-refractivity contribution in [2.75, 3.05) is 25.0 Å². The standard InChI is InChI=1S/C34H54FN5O/c1-23-10-13-28(35)27-19-30(37-31(23)27)33(41)38-29(18-26-20-36-40(22-26)21-25-11-12-25)32-24(2)14-17-34(39-32)15-8-6-4-3-5-7-9-16-34/h10,13,24-26,29-30,32,36-37,39H,3-9,11-12,14-22H2,1-2H3,(H,38,41). The molecule has 228 valence electrons. The minimum atomic E-state index is -0.419.